The maximum absolute atomic E-state index is 13.1. The molecule has 1 saturated heterocycles. The van der Waals surface area contributed by atoms with Crippen molar-refractivity contribution in [2.45, 2.75) is 23.6 Å². The van der Waals surface area contributed by atoms with Gasteiger partial charge in [-0.05, 0) is 36.8 Å². The highest BCUT2D eigenvalue weighted by molar-refractivity contribution is 7.89. The molecule has 3 aromatic rings. The number of halogens is 3. The molecule has 1 atom stereocenters. The second kappa shape index (κ2) is 8.34. The van der Waals surface area contributed by atoms with Gasteiger partial charge < -0.3 is 5.11 Å². The first-order chi connectivity index (χ1) is 15.0. The summed E-state index contributed by atoms with van der Waals surface area (Å²) in [5.41, 5.74) is -1.33. The van der Waals surface area contributed by atoms with Crippen molar-refractivity contribution in [1.82, 2.24) is 18.0 Å². The van der Waals surface area contributed by atoms with Crippen LogP contribution in [0.5, 0.6) is 0 Å². The summed E-state index contributed by atoms with van der Waals surface area (Å²) in [4.78, 5) is 1.95. The number of hydrogen-bond donors (Lipinski definition) is 1. The number of hydrogen-bond acceptors (Lipinski definition) is 7. The minimum Gasteiger partial charge on any atom is -0.384 e. The van der Waals surface area contributed by atoms with E-state index >= 15 is 0 Å². The van der Waals surface area contributed by atoms with Crippen LogP contribution in [0.4, 0.5) is 13.2 Å². The first kappa shape index (κ1) is 23.1. The predicted molar refractivity (Wildman–Crippen MR) is 114 cm³/mol. The molecule has 0 bridgehead atoms. The quantitative estimate of drug-likeness (QED) is 0.597. The molecular weight excluding hydrogens is 465 g/mol. The van der Waals surface area contributed by atoms with Crippen LogP contribution < -0.4 is 0 Å². The number of sulfonamides is 1. The van der Waals surface area contributed by atoms with Crippen molar-refractivity contribution >= 4 is 32.8 Å². The zero-order valence-electron chi connectivity index (χ0n) is 17.1. The first-order valence-electron chi connectivity index (χ1n) is 9.82. The Labute approximate surface area is 187 Å². The van der Waals surface area contributed by atoms with Gasteiger partial charge in [0.05, 0.1) is 22.9 Å². The summed E-state index contributed by atoms with van der Waals surface area (Å²) < 4.78 is 74.9. The molecule has 0 spiro atoms. The highest BCUT2D eigenvalue weighted by Crippen LogP contribution is 2.33. The third kappa shape index (κ3) is 4.50. The van der Waals surface area contributed by atoms with E-state index in [-0.39, 0.29) is 30.1 Å². The predicted octanol–water partition coefficient (Wildman–Crippen LogP) is 2.92. The summed E-state index contributed by atoms with van der Waals surface area (Å²) in [6.07, 6.45) is -4.50. The van der Waals surface area contributed by atoms with Crippen LogP contribution in [0.1, 0.15) is 18.1 Å². The van der Waals surface area contributed by atoms with E-state index in [0.29, 0.717) is 24.1 Å². The van der Waals surface area contributed by atoms with Gasteiger partial charge >= 0.3 is 6.18 Å². The molecule has 0 amide bonds. The topological polar surface area (TPSA) is 86.6 Å². The molecule has 4 rings (SSSR count). The Morgan fingerprint density at radius 3 is 2.38 bits per heavy atom. The SMILES string of the molecule is C[C@](O)(CN1CCN(S(=O)(=O)c2cccc3nsnc23)CC1)c1cccc(C(F)(F)F)c1. The number of alkyl halides is 3. The fourth-order valence-electron chi connectivity index (χ4n) is 3.81. The number of aromatic nitrogens is 2. The number of fused-ring (bicyclic) bond motifs is 1. The van der Waals surface area contributed by atoms with Crippen LogP contribution in [0, 0.1) is 0 Å². The lowest BCUT2D eigenvalue weighted by Crippen LogP contribution is -2.51. The standard InChI is InChI=1S/C20H21F3N4O3S2/c1-19(28,14-4-2-5-15(12-14)20(21,22)23)13-26-8-10-27(11-9-26)32(29,30)17-7-3-6-16-18(17)25-31-24-16/h2-7,12,28H,8-11,13H2,1H3/t19-/m0/s1. The lowest BCUT2D eigenvalue weighted by atomic mass is 9.93. The van der Waals surface area contributed by atoms with E-state index in [4.69, 9.17) is 0 Å². The second-order valence-corrected chi connectivity index (χ2v) is 10.4. The van der Waals surface area contributed by atoms with Crippen molar-refractivity contribution in [3.8, 4) is 0 Å². The maximum Gasteiger partial charge on any atom is 0.416 e. The number of nitrogens with zero attached hydrogens (tertiary/aromatic N) is 4. The molecule has 1 aliphatic rings. The summed E-state index contributed by atoms with van der Waals surface area (Å²) in [7, 11) is -3.78. The molecule has 1 aliphatic heterocycles. The molecule has 0 radical (unpaired) electrons. The highest BCUT2D eigenvalue weighted by Gasteiger charge is 2.35. The lowest BCUT2D eigenvalue weighted by molar-refractivity contribution is -0.137. The fraction of sp³-hybridized carbons (Fsp3) is 0.400. The van der Waals surface area contributed by atoms with E-state index in [1.807, 2.05) is 4.90 Å². The van der Waals surface area contributed by atoms with Crippen molar-refractivity contribution in [2.75, 3.05) is 32.7 Å². The van der Waals surface area contributed by atoms with Gasteiger partial charge in [0.25, 0.3) is 0 Å². The normalized spacial score (nSPS) is 18.7. The molecule has 0 aliphatic carbocycles. The minimum atomic E-state index is -4.50. The molecule has 1 N–H and O–H groups in total. The van der Waals surface area contributed by atoms with Crippen molar-refractivity contribution in [3.05, 3.63) is 53.6 Å². The molecule has 12 heteroatoms. The van der Waals surface area contributed by atoms with Gasteiger partial charge in [0.1, 0.15) is 15.9 Å². The zero-order chi connectivity index (χ0) is 23.1. The molecule has 7 nitrogen and oxygen atoms in total. The van der Waals surface area contributed by atoms with Gasteiger partial charge in [-0.25, -0.2) is 8.42 Å². The van der Waals surface area contributed by atoms with Crippen molar-refractivity contribution < 1.29 is 26.7 Å². The van der Waals surface area contributed by atoms with Gasteiger partial charge in [-0.15, -0.1) is 0 Å². The summed E-state index contributed by atoms with van der Waals surface area (Å²) in [5, 5.41) is 10.9. The third-order valence-corrected chi connectivity index (χ3v) is 8.01. The Bertz CT molecular complexity index is 1220. The smallest absolute Gasteiger partial charge is 0.384 e. The molecule has 0 unspecified atom stereocenters. The van der Waals surface area contributed by atoms with Crippen molar-refractivity contribution in [1.29, 1.82) is 0 Å². The van der Waals surface area contributed by atoms with Gasteiger partial charge in [0.15, 0.2) is 0 Å². The molecule has 0 saturated carbocycles. The van der Waals surface area contributed by atoms with Crippen LogP contribution in [0.3, 0.4) is 0 Å². The summed E-state index contributed by atoms with van der Waals surface area (Å²) in [5.74, 6) is 0. The van der Waals surface area contributed by atoms with E-state index in [2.05, 4.69) is 8.75 Å². The number of aliphatic hydroxyl groups is 1. The van der Waals surface area contributed by atoms with Gasteiger partial charge in [0, 0.05) is 32.7 Å². The highest BCUT2D eigenvalue weighted by atomic mass is 32.2. The Hall–Kier alpha value is -2.12. The Morgan fingerprint density at radius 2 is 1.69 bits per heavy atom. The number of β-amino-alcohol motifs (C(OH)–C–C–N with tert-alkyl or cyclic N) is 1. The second-order valence-electron chi connectivity index (χ2n) is 7.92. The van der Waals surface area contributed by atoms with Gasteiger partial charge in [-0.2, -0.15) is 26.2 Å². The molecular formula is C20H21F3N4O3S2. The van der Waals surface area contributed by atoms with Crippen LogP contribution >= 0.6 is 11.7 Å². The molecule has 1 fully saturated rings. The largest absolute Gasteiger partial charge is 0.416 e. The van der Waals surface area contributed by atoms with E-state index in [9.17, 15) is 26.7 Å². The third-order valence-electron chi connectivity index (χ3n) is 5.54. The van der Waals surface area contributed by atoms with Gasteiger partial charge in [-0.1, -0.05) is 18.2 Å². The van der Waals surface area contributed by atoms with E-state index in [1.165, 1.54) is 29.4 Å². The van der Waals surface area contributed by atoms with Gasteiger partial charge in [0.2, 0.25) is 10.0 Å². The fourth-order valence-corrected chi connectivity index (χ4v) is 5.99. The maximum atomic E-state index is 13.1. The number of benzene rings is 2. The van der Waals surface area contributed by atoms with Crippen molar-refractivity contribution in [3.63, 3.8) is 0 Å². The van der Waals surface area contributed by atoms with Crippen LogP contribution in [-0.2, 0) is 21.8 Å². The molecule has 32 heavy (non-hydrogen) atoms. The minimum absolute atomic E-state index is 0.0772. The Kier molecular flexibility index (Phi) is 6.01. The summed E-state index contributed by atoms with van der Waals surface area (Å²) in [6, 6.07) is 9.46. The molecule has 2 heterocycles. The van der Waals surface area contributed by atoms with E-state index in [0.717, 1.165) is 23.9 Å². The molecule has 1 aromatic heterocycles. The first-order valence-corrected chi connectivity index (χ1v) is 12.0. The van der Waals surface area contributed by atoms with Crippen LogP contribution in [-0.4, -0.2) is 64.2 Å². The lowest BCUT2D eigenvalue weighted by Gasteiger charge is -2.38. The van der Waals surface area contributed by atoms with E-state index in [1.54, 1.807) is 12.1 Å². The molecule has 172 valence electrons. The average molecular weight is 487 g/mol. The van der Waals surface area contributed by atoms with E-state index < -0.39 is 27.4 Å². The van der Waals surface area contributed by atoms with Crippen LogP contribution in [0.15, 0.2) is 47.4 Å². The van der Waals surface area contributed by atoms with Crippen LogP contribution in [0.25, 0.3) is 11.0 Å². The number of rotatable bonds is 5. The summed E-state index contributed by atoms with van der Waals surface area (Å²) >= 11 is 0.948. The molecule has 2 aromatic carbocycles. The van der Waals surface area contributed by atoms with Crippen LogP contribution in [0.2, 0.25) is 0 Å². The Balaban J connectivity index is 1.45. The van der Waals surface area contributed by atoms with Gasteiger partial charge in [-0.3, -0.25) is 4.90 Å². The van der Waals surface area contributed by atoms with Crippen molar-refractivity contribution in [2.24, 2.45) is 0 Å². The summed E-state index contributed by atoms with van der Waals surface area (Å²) in [6.45, 7) is 2.58. The average Bonchev–Trinajstić information content (AvgIpc) is 3.22. The monoisotopic (exact) mass is 486 g/mol. The zero-order valence-corrected chi connectivity index (χ0v) is 18.7. The Morgan fingerprint density at radius 1 is 1.03 bits per heavy atom. The number of piperazine rings is 1.